The number of piperazine rings is 1. The smallest absolute Gasteiger partial charge is 0.276 e. The summed E-state index contributed by atoms with van der Waals surface area (Å²) in [5.41, 5.74) is -1.25. The van der Waals surface area contributed by atoms with Crippen LogP contribution in [-0.2, 0) is 4.79 Å². The first-order chi connectivity index (χ1) is 20.5. The third kappa shape index (κ3) is 4.86. The van der Waals surface area contributed by atoms with Gasteiger partial charge in [0.2, 0.25) is 5.91 Å². The summed E-state index contributed by atoms with van der Waals surface area (Å²) in [5, 5.41) is 20.7. The van der Waals surface area contributed by atoms with Crippen LogP contribution >= 0.6 is 0 Å². The summed E-state index contributed by atoms with van der Waals surface area (Å²) >= 11 is 0. The maximum atomic E-state index is 15.9. The van der Waals surface area contributed by atoms with Gasteiger partial charge in [0.05, 0.1) is 22.6 Å². The quantitative estimate of drug-likeness (QED) is 0.336. The Hall–Kier alpha value is -5.18. The van der Waals surface area contributed by atoms with Crippen molar-refractivity contribution in [1.82, 2.24) is 19.4 Å². The first-order valence-corrected chi connectivity index (χ1v) is 13.5. The SMILES string of the molecule is C=CC(=O)N1CCN(c2c(C#N)c(=O)n(-c3c(C)ccnc3C(C)C)c3nc(-c4c(O)ccc(F)c4F)c(F)cc23)CC1. The summed E-state index contributed by atoms with van der Waals surface area (Å²) in [4.78, 5) is 38.4. The van der Waals surface area contributed by atoms with Gasteiger partial charge in [0, 0.05) is 37.8 Å². The number of phenols is 1. The van der Waals surface area contributed by atoms with Gasteiger partial charge >= 0.3 is 0 Å². The van der Waals surface area contributed by atoms with Gasteiger partial charge in [-0.25, -0.2) is 18.2 Å². The molecule has 12 heteroatoms. The number of phenolic OH excluding ortho intramolecular Hbond substituents is 1. The Morgan fingerprint density at radius 3 is 2.44 bits per heavy atom. The number of pyridine rings is 3. The second-order valence-corrected chi connectivity index (χ2v) is 10.5. The van der Waals surface area contributed by atoms with Gasteiger partial charge in [0.15, 0.2) is 23.1 Å². The number of amides is 1. The van der Waals surface area contributed by atoms with E-state index in [2.05, 4.69) is 16.5 Å². The van der Waals surface area contributed by atoms with Crippen LogP contribution < -0.4 is 10.5 Å². The van der Waals surface area contributed by atoms with E-state index in [1.54, 1.807) is 29.0 Å². The van der Waals surface area contributed by atoms with E-state index in [0.717, 1.165) is 16.7 Å². The summed E-state index contributed by atoms with van der Waals surface area (Å²) in [6.45, 7) is 9.87. The minimum absolute atomic E-state index is 0.0511. The number of carbonyl (C=O) groups is 1. The molecule has 0 radical (unpaired) electrons. The molecule has 0 atom stereocenters. The van der Waals surface area contributed by atoms with Crippen molar-refractivity contribution in [1.29, 1.82) is 5.26 Å². The number of hydrogen-bond acceptors (Lipinski definition) is 7. The number of nitrogens with zero attached hydrogens (tertiary/aromatic N) is 6. The number of aromatic hydroxyl groups is 1. The van der Waals surface area contributed by atoms with Crippen LogP contribution in [0.15, 0.2) is 47.9 Å². The molecule has 0 spiro atoms. The molecule has 5 rings (SSSR count). The molecule has 4 heterocycles. The molecule has 0 bridgehead atoms. The summed E-state index contributed by atoms with van der Waals surface area (Å²) in [6, 6.07) is 6.21. The molecule has 0 unspecified atom stereocenters. The lowest BCUT2D eigenvalue weighted by Crippen LogP contribution is -2.49. The maximum Gasteiger partial charge on any atom is 0.276 e. The third-order valence-corrected chi connectivity index (χ3v) is 7.50. The highest BCUT2D eigenvalue weighted by Gasteiger charge is 2.30. The topological polar surface area (TPSA) is 115 Å². The first kappa shape index (κ1) is 29.3. The summed E-state index contributed by atoms with van der Waals surface area (Å²) in [7, 11) is 0. The second kappa shape index (κ2) is 11.2. The average Bonchev–Trinajstić information content (AvgIpc) is 2.99. The molecular weight excluding hydrogens is 561 g/mol. The lowest BCUT2D eigenvalue weighted by molar-refractivity contribution is -0.126. The molecular formula is C31H27F3N6O3. The molecule has 9 nitrogen and oxygen atoms in total. The zero-order valence-corrected chi connectivity index (χ0v) is 23.7. The molecule has 1 saturated heterocycles. The number of aromatic nitrogens is 3. The summed E-state index contributed by atoms with van der Waals surface area (Å²) < 4.78 is 46.2. The van der Waals surface area contributed by atoms with Crippen molar-refractivity contribution >= 4 is 22.6 Å². The van der Waals surface area contributed by atoms with Crippen molar-refractivity contribution in [3.8, 4) is 28.8 Å². The van der Waals surface area contributed by atoms with Crippen molar-refractivity contribution in [2.45, 2.75) is 26.7 Å². The number of hydrogen-bond donors (Lipinski definition) is 1. The highest BCUT2D eigenvalue weighted by molar-refractivity contribution is 5.96. The van der Waals surface area contributed by atoms with Gasteiger partial charge in [-0.1, -0.05) is 20.4 Å². The molecule has 3 aromatic heterocycles. The van der Waals surface area contributed by atoms with Crippen LogP contribution in [-0.4, -0.2) is 56.6 Å². The largest absolute Gasteiger partial charge is 0.507 e. The molecule has 1 aliphatic heterocycles. The van der Waals surface area contributed by atoms with Crippen molar-refractivity contribution in [3.63, 3.8) is 0 Å². The normalized spacial score (nSPS) is 13.4. The predicted octanol–water partition coefficient (Wildman–Crippen LogP) is 4.71. The lowest BCUT2D eigenvalue weighted by Gasteiger charge is -2.36. The number of nitriles is 1. The van der Waals surface area contributed by atoms with Crippen LogP contribution in [0.1, 0.15) is 36.6 Å². The van der Waals surface area contributed by atoms with E-state index in [0.29, 0.717) is 23.0 Å². The monoisotopic (exact) mass is 588 g/mol. The van der Waals surface area contributed by atoms with Crippen LogP contribution in [0.3, 0.4) is 0 Å². The minimum Gasteiger partial charge on any atom is -0.507 e. The predicted molar refractivity (Wildman–Crippen MR) is 155 cm³/mol. The Bertz CT molecular complexity index is 1910. The number of anilines is 1. The Labute approximate surface area is 244 Å². The fourth-order valence-corrected chi connectivity index (χ4v) is 5.41. The second-order valence-electron chi connectivity index (χ2n) is 10.5. The van der Waals surface area contributed by atoms with E-state index in [-0.39, 0.29) is 60.3 Å². The number of aryl methyl sites for hydroxylation is 1. The highest BCUT2D eigenvalue weighted by atomic mass is 19.2. The first-order valence-electron chi connectivity index (χ1n) is 13.5. The van der Waals surface area contributed by atoms with Crippen LogP contribution in [0.2, 0.25) is 0 Å². The Morgan fingerprint density at radius 2 is 1.81 bits per heavy atom. The summed E-state index contributed by atoms with van der Waals surface area (Å²) in [5.74, 6) is -5.18. The van der Waals surface area contributed by atoms with Gasteiger partial charge in [-0.3, -0.25) is 19.1 Å². The maximum absolute atomic E-state index is 15.9. The number of rotatable bonds is 5. The Balaban J connectivity index is 1.90. The molecule has 43 heavy (non-hydrogen) atoms. The average molecular weight is 589 g/mol. The van der Waals surface area contributed by atoms with Gasteiger partial charge in [-0.05, 0) is 48.7 Å². The molecule has 1 fully saturated rings. The molecule has 220 valence electrons. The van der Waals surface area contributed by atoms with Crippen LogP contribution in [0.4, 0.5) is 18.9 Å². The van der Waals surface area contributed by atoms with Crippen molar-refractivity contribution in [3.05, 3.63) is 87.7 Å². The molecule has 1 aromatic carbocycles. The zero-order valence-electron chi connectivity index (χ0n) is 23.7. The van der Waals surface area contributed by atoms with Gasteiger partial charge in [0.1, 0.15) is 23.1 Å². The zero-order chi connectivity index (χ0) is 31.2. The van der Waals surface area contributed by atoms with Gasteiger partial charge in [-0.15, -0.1) is 0 Å². The summed E-state index contributed by atoms with van der Waals surface area (Å²) in [6.07, 6.45) is 2.76. The van der Waals surface area contributed by atoms with Gasteiger partial charge < -0.3 is 14.9 Å². The van der Waals surface area contributed by atoms with E-state index in [9.17, 15) is 28.7 Å². The van der Waals surface area contributed by atoms with Crippen molar-refractivity contribution in [2.24, 2.45) is 0 Å². The van der Waals surface area contributed by atoms with Crippen LogP contribution in [0.5, 0.6) is 5.75 Å². The van der Waals surface area contributed by atoms with E-state index in [1.807, 2.05) is 19.9 Å². The Kier molecular flexibility index (Phi) is 7.67. The molecule has 0 aliphatic carbocycles. The van der Waals surface area contributed by atoms with E-state index in [4.69, 9.17) is 0 Å². The van der Waals surface area contributed by atoms with Gasteiger partial charge in [-0.2, -0.15) is 5.26 Å². The van der Waals surface area contributed by atoms with Crippen LogP contribution in [0.25, 0.3) is 28.0 Å². The van der Waals surface area contributed by atoms with E-state index >= 15 is 4.39 Å². The van der Waals surface area contributed by atoms with Crippen molar-refractivity contribution in [2.75, 3.05) is 31.1 Å². The third-order valence-electron chi connectivity index (χ3n) is 7.50. The van der Waals surface area contributed by atoms with E-state index in [1.165, 1.54) is 6.08 Å². The fraction of sp³-hybridized carbons (Fsp3) is 0.258. The van der Waals surface area contributed by atoms with E-state index < -0.39 is 40.0 Å². The number of halogens is 3. The van der Waals surface area contributed by atoms with Gasteiger partial charge in [0.25, 0.3) is 5.56 Å². The molecule has 0 saturated carbocycles. The minimum atomic E-state index is -1.52. The molecule has 1 N–H and O–H groups in total. The lowest BCUT2D eigenvalue weighted by atomic mass is 10.0. The standard InChI is InChI=1S/C31H27F3N6O3/c1-5-23(42)38-10-12-39(13-11-38)29-18-14-21(33)27(24-22(41)7-6-20(32)25(24)34)37-30(18)40(31(43)19(29)15-35)28-17(4)8-9-36-26(28)16(2)3/h5-9,14,16,41H,1,10-13H2,2-4H3. The number of fused-ring (bicyclic) bond motifs is 1. The fourth-order valence-electron chi connectivity index (χ4n) is 5.41. The number of benzene rings is 1. The molecule has 4 aromatic rings. The molecule has 1 amide bonds. The highest BCUT2D eigenvalue weighted by Crippen LogP contribution is 2.38. The number of carbonyl (C=O) groups excluding carboxylic acids is 1. The molecule has 1 aliphatic rings. The van der Waals surface area contributed by atoms with Crippen LogP contribution in [0, 0.1) is 35.7 Å². The van der Waals surface area contributed by atoms with Crippen molar-refractivity contribution < 1.29 is 23.1 Å². The Morgan fingerprint density at radius 1 is 1.12 bits per heavy atom.